The summed E-state index contributed by atoms with van der Waals surface area (Å²) in [4.78, 5) is 13.5. The number of imidazole rings is 1. The smallest absolute Gasteiger partial charge is 0.234 e. The number of fused-ring (bicyclic) bond motifs is 1. The predicted molar refractivity (Wildman–Crippen MR) is 100 cm³/mol. The molecule has 0 saturated heterocycles. The third-order valence-electron chi connectivity index (χ3n) is 3.68. The zero-order chi connectivity index (χ0) is 16.5. The number of nitrogens with one attached hydrogen (secondary N) is 1. The van der Waals surface area contributed by atoms with Crippen LogP contribution in [0.2, 0.25) is 0 Å². The maximum absolute atomic E-state index is 4.71. The fourth-order valence-corrected chi connectivity index (χ4v) is 3.51. The number of hydrogen-bond donors (Lipinski definition) is 1. The van der Waals surface area contributed by atoms with E-state index in [4.69, 9.17) is 4.98 Å². The molecule has 3 aromatic heterocycles. The van der Waals surface area contributed by atoms with E-state index in [1.807, 2.05) is 41.1 Å². The topological polar surface area (TPSA) is 55.1 Å². The number of benzene rings is 1. The van der Waals surface area contributed by atoms with Gasteiger partial charge in [0.2, 0.25) is 5.78 Å². The van der Waals surface area contributed by atoms with Crippen molar-refractivity contribution in [3.63, 3.8) is 0 Å². The zero-order valence-corrected chi connectivity index (χ0v) is 15.3. The van der Waals surface area contributed by atoms with E-state index in [1.165, 1.54) is 5.56 Å². The van der Waals surface area contributed by atoms with Gasteiger partial charge in [-0.1, -0.05) is 28.1 Å². The van der Waals surface area contributed by atoms with Crippen LogP contribution in [0.1, 0.15) is 11.3 Å². The third-order valence-corrected chi connectivity index (χ3v) is 5.01. The van der Waals surface area contributed by atoms with Crippen molar-refractivity contribution in [2.45, 2.75) is 13.5 Å². The first-order valence-electron chi connectivity index (χ1n) is 7.44. The van der Waals surface area contributed by atoms with Crippen LogP contribution in [0.15, 0.2) is 52.6 Å². The van der Waals surface area contributed by atoms with E-state index >= 15 is 0 Å². The summed E-state index contributed by atoms with van der Waals surface area (Å²) >= 11 is 5.04. The van der Waals surface area contributed by atoms with Crippen LogP contribution in [0.3, 0.4) is 0 Å². The molecule has 0 amide bonds. The number of hydrogen-bond acceptors (Lipinski definition) is 5. The summed E-state index contributed by atoms with van der Waals surface area (Å²) in [6.07, 6.45) is 3.71. The van der Waals surface area contributed by atoms with Gasteiger partial charge in [0.25, 0.3) is 0 Å². The van der Waals surface area contributed by atoms with Crippen LogP contribution in [0.4, 0.5) is 5.13 Å². The molecule has 1 aromatic carbocycles. The van der Waals surface area contributed by atoms with Gasteiger partial charge >= 0.3 is 0 Å². The van der Waals surface area contributed by atoms with Crippen LogP contribution in [0, 0.1) is 6.92 Å². The second-order valence-electron chi connectivity index (χ2n) is 5.35. The van der Waals surface area contributed by atoms with Gasteiger partial charge in [0.15, 0.2) is 5.13 Å². The van der Waals surface area contributed by atoms with E-state index in [0.717, 1.165) is 33.2 Å². The van der Waals surface area contributed by atoms with Crippen molar-refractivity contribution in [2.75, 3.05) is 5.32 Å². The molecule has 0 aliphatic rings. The van der Waals surface area contributed by atoms with Gasteiger partial charge in [-0.3, -0.25) is 4.40 Å². The minimum Gasteiger partial charge on any atom is -0.357 e. The zero-order valence-electron chi connectivity index (χ0n) is 12.9. The highest BCUT2D eigenvalue weighted by Gasteiger charge is 2.14. The summed E-state index contributed by atoms with van der Waals surface area (Å²) in [5, 5.41) is 6.32. The van der Waals surface area contributed by atoms with Crippen LogP contribution in [0.25, 0.3) is 17.2 Å². The van der Waals surface area contributed by atoms with Gasteiger partial charge in [-0.15, -0.1) is 11.3 Å². The van der Waals surface area contributed by atoms with Crippen molar-refractivity contribution >= 4 is 38.2 Å². The lowest BCUT2D eigenvalue weighted by Gasteiger charge is -2.03. The molecular formula is C17H14BrN5S. The van der Waals surface area contributed by atoms with E-state index < -0.39 is 0 Å². The average molecular weight is 400 g/mol. The molecule has 0 aliphatic carbocycles. The van der Waals surface area contributed by atoms with Gasteiger partial charge < -0.3 is 5.32 Å². The second-order valence-corrected chi connectivity index (χ2v) is 7.13. The molecule has 1 N–H and O–H groups in total. The number of halogens is 1. The summed E-state index contributed by atoms with van der Waals surface area (Å²) in [6, 6.07) is 10.2. The third kappa shape index (κ3) is 2.92. The monoisotopic (exact) mass is 399 g/mol. The van der Waals surface area contributed by atoms with Gasteiger partial charge in [0.1, 0.15) is 5.69 Å². The van der Waals surface area contributed by atoms with E-state index in [2.05, 4.69) is 43.3 Å². The van der Waals surface area contributed by atoms with Crippen molar-refractivity contribution < 1.29 is 0 Å². The predicted octanol–water partition coefficient (Wildman–Crippen LogP) is 4.54. The Morgan fingerprint density at radius 3 is 2.88 bits per heavy atom. The Kier molecular flexibility index (Phi) is 4.03. The minimum absolute atomic E-state index is 0.697. The molecule has 0 atom stereocenters. The quantitative estimate of drug-likeness (QED) is 0.547. The molecular weight excluding hydrogens is 386 g/mol. The lowest BCUT2D eigenvalue weighted by molar-refractivity contribution is 1.10. The average Bonchev–Trinajstić information content (AvgIpc) is 3.17. The first kappa shape index (κ1) is 15.3. The molecule has 0 bridgehead atoms. The summed E-state index contributed by atoms with van der Waals surface area (Å²) in [5.41, 5.74) is 4.05. The van der Waals surface area contributed by atoms with Crippen molar-refractivity contribution in [3.8, 4) is 11.4 Å². The number of anilines is 1. The normalized spacial score (nSPS) is 11.1. The highest BCUT2D eigenvalue weighted by molar-refractivity contribution is 9.10. The van der Waals surface area contributed by atoms with Crippen LogP contribution in [-0.4, -0.2) is 19.4 Å². The lowest BCUT2D eigenvalue weighted by atomic mass is 10.2. The summed E-state index contributed by atoms with van der Waals surface area (Å²) in [5.74, 6) is 0.697. The SMILES string of the molecule is Cc1nc2ncccn2c1-c1csc(NCc2ccc(Br)cc2)n1. The number of thiazole rings is 1. The minimum atomic E-state index is 0.697. The van der Waals surface area contributed by atoms with Gasteiger partial charge in [-0.05, 0) is 30.7 Å². The van der Waals surface area contributed by atoms with Crippen molar-refractivity contribution in [1.29, 1.82) is 0 Å². The number of nitrogens with zero attached hydrogens (tertiary/aromatic N) is 4. The maximum atomic E-state index is 4.71. The molecule has 4 rings (SSSR count). The molecule has 0 unspecified atom stereocenters. The standard InChI is InChI=1S/C17H14BrN5S/c1-11-15(23-8-2-7-19-16(23)21-11)14-10-24-17(22-14)20-9-12-3-5-13(18)6-4-12/h2-8,10H,9H2,1H3,(H,20,22). The van der Waals surface area contributed by atoms with Crippen molar-refractivity contribution in [1.82, 2.24) is 19.4 Å². The molecule has 7 heteroatoms. The molecule has 3 heterocycles. The highest BCUT2D eigenvalue weighted by atomic mass is 79.9. The van der Waals surface area contributed by atoms with Gasteiger partial charge in [0.05, 0.1) is 11.4 Å². The second kappa shape index (κ2) is 6.33. The van der Waals surface area contributed by atoms with Crippen LogP contribution >= 0.6 is 27.3 Å². The van der Waals surface area contributed by atoms with Gasteiger partial charge in [-0.2, -0.15) is 0 Å². The van der Waals surface area contributed by atoms with Crippen LogP contribution in [-0.2, 0) is 6.54 Å². The van der Waals surface area contributed by atoms with E-state index in [9.17, 15) is 0 Å². The molecule has 0 fully saturated rings. The number of rotatable bonds is 4. The Morgan fingerprint density at radius 1 is 1.21 bits per heavy atom. The van der Waals surface area contributed by atoms with Crippen LogP contribution in [0.5, 0.6) is 0 Å². The summed E-state index contributed by atoms with van der Waals surface area (Å²) in [7, 11) is 0. The maximum Gasteiger partial charge on any atom is 0.234 e. The Hall–Kier alpha value is -2.25. The molecule has 0 spiro atoms. The first-order chi connectivity index (χ1) is 11.7. The fraction of sp³-hybridized carbons (Fsp3) is 0.118. The Balaban J connectivity index is 1.58. The van der Waals surface area contributed by atoms with Crippen LogP contribution < -0.4 is 5.32 Å². The van der Waals surface area contributed by atoms with E-state index in [-0.39, 0.29) is 0 Å². The first-order valence-corrected chi connectivity index (χ1v) is 9.12. The Morgan fingerprint density at radius 2 is 2.04 bits per heavy atom. The molecule has 4 aromatic rings. The van der Waals surface area contributed by atoms with E-state index in [0.29, 0.717) is 5.78 Å². The van der Waals surface area contributed by atoms with Crippen molar-refractivity contribution in [3.05, 3.63) is 63.8 Å². The Bertz CT molecular complexity index is 990. The largest absolute Gasteiger partial charge is 0.357 e. The van der Waals surface area contributed by atoms with E-state index in [1.54, 1.807) is 17.5 Å². The van der Waals surface area contributed by atoms with Gasteiger partial charge in [0, 0.05) is 28.8 Å². The lowest BCUT2D eigenvalue weighted by Crippen LogP contribution is -1.99. The number of aromatic nitrogens is 4. The summed E-state index contributed by atoms with van der Waals surface area (Å²) in [6.45, 7) is 2.73. The molecule has 0 aliphatic heterocycles. The number of aryl methyl sites for hydroxylation is 1. The molecule has 0 radical (unpaired) electrons. The Labute approximate surface area is 151 Å². The molecule has 120 valence electrons. The van der Waals surface area contributed by atoms with Crippen molar-refractivity contribution in [2.24, 2.45) is 0 Å². The summed E-state index contributed by atoms with van der Waals surface area (Å²) < 4.78 is 3.06. The molecule has 24 heavy (non-hydrogen) atoms. The van der Waals surface area contributed by atoms with Gasteiger partial charge in [-0.25, -0.2) is 15.0 Å². The molecule has 0 saturated carbocycles. The molecule has 5 nitrogen and oxygen atoms in total. The fourth-order valence-electron chi connectivity index (χ4n) is 2.55. The highest BCUT2D eigenvalue weighted by Crippen LogP contribution is 2.28.